The Morgan fingerprint density at radius 1 is 1.29 bits per heavy atom. The lowest BCUT2D eigenvalue weighted by molar-refractivity contribution is 0.0689. The Morgan fingerprint density at radius 3 is 2.67 bits per heavy atom. The zero-order chi connectivity index (χ0) is 14.8. The number of benzene rings is 1. The minimum Gasteiger partial charge on any atom is -0.476 e. The molecule has 1 fully saturated rings. The van der Waals surface area contributed by atoms with Crippen LogP contribution in [0.15, 0.2) is 30.3 Å². The highest BCUT2D eigenvalue weighted by Gasteiger charge is 2.17. The van der Waals surface area contributed by atoms with Crippen molar-refractivity contribution in [3.05, 3.63) is 41.6 Å². The molecule has 2 heterocycles. The molecular weight excluding hydrogens is 266 g/mol. The van der Waals surface area contributed by atoms with Crippen molar-refractivity contribution in [1.29, 1.82) is 0 Å². The first-order valence-electron chi connectivity index (χ1n) is 7.23. The smallest absolute Gasteiger partial charge is 0.356 e. The van der Waals surface area contributed by atoms with Gasteiger partial charge in [-0.3, -0.25) is 9.58 Å². The van der Waals surface area contributed by atoms with Gasteiger partial charge in [0, 0.05) is 19.2 Å². The molecule has 1 aliphatic heterocycles. The van der Waals surface area contributed by atoms with E-state index in [4.69, 9.17) is 5.11 Å². The fraction of sp³-hybridized carbons (Fsp3) is 0.375. The van der Waals surface area contributed by atoms with E-state index < -0.39 is 5.97 Å². The van der Waals surface area contributed by atoms with Crippen LogP contribution in [0, 0.1) is 0 Å². The summed E-state index contributed by atoms with van der Waals surface area (Å²) in [5.74, 6) is -0.992. The number of carboxylic acids is 1. The number of nitrogens with zero attached hydrogens (tertiary/aromatic N) is 3. The van der Waals surface area contributed by atoms with Gasteiger partial charge in [0.1, 0.15) is 0 Å². The highest BCUT2D eigenvalue weighted by Crippen LogP contribution is 2.26. The van der Waals surface area contributed by atoms with Gasteiger partial charge in [0.15, 0.2) is 5.69 Å². The van der Waals surface area contributed by atoms with Crippen LogP contribution in [-0.2, 0) is 13.6 Å². The fourth-order valence-electron chi connectivity index (χ4n) is 2.91. The third kappa shape index (κ3) is 2.83. The number of aromatic nitrogens is 2. The van der Waals surface area contributed by atoms with E-state index in [-0.39, 0.29) is 5.69 Å². The second-order valence-electron chi connectivity index (χ2n) is 5.48. The molecule has 0 unspecified atom stereocenters. The topological polar surface area (TPSA) is 58.4 Å². The van der Waals surface area contributed by atoms with Crippen molar-refractivity contribution < 1.29 is 9.90 Å². The van der Waals surface area contributed by atoms with Crippen molar-refractivity contribution in [2.45, 2.75) is 19.4 Å². The van der Waals surface area contributed by atoms with Gasteiger partial charge in [-0.15, -0.1) is 0 Å². The lowest BCUT2D eigenvalue weighted by Gasteiger charge is -2.17. The van der Waals surface area contributed by atoms with Crippen LogP contribution < -0.4 is 0 Å². The minimum atomic E-state index is -0.992. The number of rotatable bonds is 4. The maximum atomic E-state index is 11.1. The molecule has 110 valence electrons. The Kier molecular flexibility index (Phi) is 3.75. The number of hydrogen-bond donors (Lipinski definition) is 1. The van der Waals surface area contributed by atoms with E-state index in [2.05, 4.69) is 16.1 Å². The van der Waals surface area contributed by atoms with Crippen LogP contribution in [0.1, 0.15) is 28.9 Å². The average Bonchev–Trinajstić information content (AvgIpc) is 3.09. The first-order chi connectivity index (χ1) is 10.1. The van der Waals surface area contributed by atoms with Crippen molar-refractivity contribution in [2.75, 3.05) is 13.1 Å². The summed E-state index contributed by atoms with van der Waals surface area (Å²) in [7, 11) is 1.79. The van der Waals surface area contributed by atoms with Crippen LogP contribution in [0.5, 0.6) is 0 Å². The Labute approximate surface area is 123 Å². The standard InChI is InChI=1S/C16H19N3O2/c1-18-15(10-14(17-18)16(20)21)13-7-3-2-6-12(13)11-19-8-4-5-9-19/h2-3,6-7,10H,4-5,8-9,11H2,1H3,(H,20,21). The SMILES string of the molecule is Cn1nc(C(=O)O)cc1-c1ccccc1CN1CCCC1. The third-order valence-corrected chi connectivity index (χ3v) is 3.98. The van der Waals surface area contributed by atoms with E-state index in [1.54, 1.807) is 17.8 Å². The van der Waals surface area contributed by atoms with E-state index in [0.717, 1.165) is 30.9 Å². The maximum absolute atomic E-state index is 11.1. The van der Waals surface area contributed by atoms with Crippen molar-refractivity contribution in [3.8, 4) is 11.3 Å². The van der Waals surface area contributed by atoms with E-state index in [1.165, 1.54) is 18.4 Å². The molecule has 3 rings (SSSR count). The van der Waals surface area contributed by atoms with Crippen LogP contribution in [0.2, 0.25) is 0 Å². The Morgan fingerprint density at radius 2 is 2.00 bits per heavy atom. The molecule has 1 aliphatic rings. The predicted molar refractivity (Wildman–Crippen MR) is 80.1 cm³/mol. The summed E-state index contributed by atoms with van der Waals surface area (Å²) in [6.07, 6.45) is 2.52. The van der Waals surface area contributed by atoms with Crippen LogP contribution in [0.3, 0.4) is 0 Å². The summed E-state index contributed by atoms with van der Waals surface area (Å²) in [4.78, 5) is 13.5. The molecule has 1 saturated heterocycles. The predicted octanol–water partition coefficient (Wildman–Crippen LogP) is 2.38. The van der Waals surface area contributed by atoms with Crippen molar-refractivity contribution >= 4 is 5.97 Å². The fourth-order valence-corrected chi connectivity index (χ4v) is 2.91. The highest BCUT2D eigenvalue weighted by atomic mass is 16.4. The molecule has 0 radical (unpaired) electrons. The first kappa shape index (κ1) is 13.8. The first-order valence-corrected chi connectivity index (χ1v) is 7.23. The van der Waals surface area contributed by atoms with E-state index in [0.29, 0.717) is 0 Å². The lowest BCUT2D eigenvalue weighted by atomic mass is 10.0. The zero-order valence-electron chi connectivity index (χ0n) is 12.1. The van der Waals surface area contributed by atoms with Gasteiger partial charge in [-0.05, 0) is 37.6 Å². The minimum absolute atomic E-state index is 0.0866. The molecule has 0 saturated carbocycles. The van der Waals surface area contributed by atoms with Gasteiger partial charge in [-0.1, -0.05) is 24.3 Å². The quantitative estimate of drug-likeness (QED) is 0.937. The molecule has 21 heavy (non-hydrogen) atoms. The monoisotopic (exact) mass is 285 g/mol. The van der Waals surface area contributed by atoms with Crippen LogP contribution >= 0.6 is 0 Å². The largest absolute Gasteiger partial charge is 0.476 e. The van der Waals surface area contributed by atoms with Gasteiger partial charge in [0.25, 0.3) is 0 Å². The molecule has 0 spiro atoms. The van der Waals surface area contributed by atoms with Crippen LogP contribution in [0.25, 0.3) is 11.3 Å². The zero-order valence-corrected chi connectivity index (χ0v) is 12.1. The number of carboxylic acid groups (broad SMARTS) is 1. The van der Waals surface area contributed by atoms with E-state index in [9.17, 15) is 4.79 Å². The molecule has 5 nitrogen and oxygen atoms in total. The van der Waals surface area contributed by atoms with Crippen LogP contribution in [0.4, 0.5) is 0 Å². The van der Waals surface area contributed by atoms with Crippen molar-refractivity contribution in [2.24, 2.45) is 7.05 Å². The average molecular weight is 285 g/mol. The third-order valence-electron chi connectivity index (χ3n) is 3.98. The van der Waals surface area contributed by atoms with Crippen molar-refractivity contribution in [3.63, 3.8) is 0 Å². The van der Waals surface area contributed by atoms with Crippen LogP contribution in [-0.4, -0.2) is 38.8 Å². The van der Waals surface area contributed by atoms with Gasteiger partial charge in [-0.2, -0.15) is 5.10 Å². The second-order valence-corrected chi connectivity index (χ2v) is 5.48. The maximum Gasteiger partial charge on any atom is 0.356 e. The Balaban J connectivity index is 1.96. The van der Waals surface area contributed by atoms with Crippen molar-refractivity contribution in [1.82, 2.24) is 14.7 Å². The molecule has 1 aromatic carbocycles. The summed E-state index contributed by atoms with van der Waals surface area (Å²) in [6, 6.07) is 9.81. The summed E-state index contributed by atoms with van der Waals surface area (Å²) in [6.45, 7) is 3.18. The number of aromatic carboxylic acids is 1. The summed E-state index contributed by atoms with van der Waals surface area (Å²) >= 11 is 0. The van der Waals surface area contributed by atoms with Gasteiger partial charge in [-0.25, -0.2) is 4.79 Å². The van der Waals surface area contributed by atoms with Gasteiger partial charge >= 0.3 is 5.97 Å². The summed E-state index contributed by atoms with van der Waals surface area (Å²) in [5, 5.41) is 13.1. The van der Waals surface area contributed by atoms with Gasteiger partial charge in [0.2, 0.25) is 0 Å². The van der Waals surface area contributed by atoms with E-state index >= 15 is 0 Å². The molecule has 5 heteroatoms. The Hall–Kier alpha value is -2.14. The van der Waals surface area contributed by atoms with E-state index in [1.807, 2.05) is 18.2 Å². The molecule has 2 aromatic rings. The lowest BCUT2D eigenvalue weighted by Crippen LogP contribution is -2.18. The Bertz CT molecular complexity index is 657. The molecule has 0 atom stereocenters. The van der Waals surface area contributed by atoms with Gasteiger partial charge in [0.05, 0.1) is 5.69 Å². The summed E-state index contributed by atoms with van der Waals surface area (Å²) in [5.41, 5.74) is 3.22. The molecule has 0 bridgehead atoms. The normalized spacial score (nSPS) is 15.5. The second kappa shape index (κ2) is 5.69. The van der Waals surface area contributed by atoms with Gasteiger partial charge < -0.3 is 5.11 Å². The molecule has 1 N–H and O–H groups in total. The highest BCUT2D eigenvalue weighted by molar-refractivity contribution is 5.87. The number of aryl methyl sites for hydroxylation is 1. The summed E-state index contributed by atoms with van der Waals surface area (Å²) < 4.78 is 1.65. The molecular formula is C16H19N3O2. The molecule has 0 amide bonds. The molecule has 1 aromatic heterocycles. The number of hydrogen-bond acceptors (Lipinski definition) is 3. The molecule has 0 aliphatic carbocycles. The number of likely N-dealkylation sites (tertiary alicyclic amines) is 1. The number of carbonyl (C=O) groups is 1.